The van der Waals surface area contributed by atoms with Crippen molar-refractivity contribution in [3.8, 4) is 22.6 Å². The summed E-state index contributed by atoms with van der Waals surface area (Å²) in [6.45, 7) is 14.4. The second kappa shape index (κ2) is 8.08. The van der Waals surface area contributed by atoms with Crippen LogP contribution in [0, 0.1) is 27.7 Å². The Hall–Kier alpha value is -2.68. The summed E-state index contributed by atoms with van der Waals surface area (Å²) in [5, 5.41) is 20.3. The Morgan fingerprint density at radius 3 is 1.83 bits per heavy atom. The van der Waals surface area contributed by atoms with E-state index in [0.29, 0.717) is 5.56 Å². The predicted molar refractivity (Wildman–Crippen MR) is 95.6 cm³/mol. The van der Waals surface area contributed by atoms with Crippen LogP contribution in [-0.2, 0) is 4.74 Å². The number of hydrogen-bond donors (Lipinski definition) is 2. The topological polar surface area (TPSA) is 49.7 Å². The van der Waals surface area contributed by atoms with E-state index >= 15 is 0 Å². The molecule has 0 aromatic heterocycles. The molecular formula is C20H24O3. The third-order valence-corrected chi connectivity index (χ3v) is 4.02. The lowest BCUT2D eigenvalue weighted by Gasteiger charge is -2.18. The Morgan fingerprint density at radius 1 is 0.826 bits per heavy atom. The summed E-state index contributed by atoms with van der Waals surface area (Å²) in [7, 11) is 0. The minimum atomic E-state index is 0.193. The first-order valence-electron chi connectivity index (χ1n) is 7.31. The molecule has 2 aromatic carbocycles. The monoisotopic (exact) mass is 312 g/mol. The Kier molecular flexibility index (Phi) is 6.46. The van der Waals surface area contributed by atoms with Gasteiger partial charge in [-0.3, -0.25) is 0 Å². The number of para-hydroxylation sites is 1. The Balaban J connectivity index is 0.000000463. The average Bonchev–Trinajstić information content (AvgIpc) is 2.54. The minimum Gasteiger partial charge on any atom is -0.507 e. The molecule has 0 aliphatic heterocycles. The van der Waals surface area contributed by atoms with Gasteiger partial charge in [0.1, 0.15) is 11.5 Å². The number of rotatable bonds is 3. The second-order valence-electron chi connectivity index (χ2n) is 5.21. The summed E-state index contributed by atoms with van der Waals surface area (Å²) < 4.78 is 4.36. The molecule has 3 nitrogen and oxygen atoms in total. The van der Waals surface area contributed by atoms with Gasteiger partial charge in [0.05, 0.1) is 12.5 Å². The van der Waals surface area contributed by atoms with Crippen LogP contribution in [0.5, 0.6) is 11.5 Å². The molecule has 0 atom stereocenters. The molecule has 2 N–H and O–H groups in total. The number of phenolic OH excluding ortho intramolecular Hbond substituents is 2. The fourth-order valence-electron chi connectivity index (χ4n) is 2.38. The van der Waals surface area contributed by atoms with Crippen molar-refractivity contribution in [3.05, 3.63) is 72.2 Å². The number of ether oxygens (including phenoxy) is 1. The molecule has 122 valence electrons. The van der Waals surface area contributed by atoms with Crippen LogP contribution in [0.3, 0.4) is 0 Å². The SMILES string of the molecule is C=COC=C.Cc1c(C)c(C)c(-c2ccccc2O)c(O)c1C. The summed E-state index contributed by atoms with van der Waals surface area (Å²) >= 11 is 0. The first-order chi connectivity index (χ1) is 10.9. The van der Waals surface area contributed by atoms with Crippen molar-refractivity contribution in [3.63, 3.8) is 0 Å². The molecule has 3 heteroatoms. The summed E-state index contributed by atoms with van der Waals surface area (Å²) in [4.78, 5) is 0. The van der Waals surface area contributed by atoms with E-state index in [1.807, 2.05) is 39.8 Å². The van der Waals surface area contributed by atoms with Gasteiger partial charge in [-0.25, -0.2) is 0 Å². The standard InChI is InChI=1S/C16H18O2.C4H6O/c1-9-10(2)12(4)16(18)15(11(9)3)13-7-5-6-8-14(13)17;1-3-5-4-2/h5-8,17-18H,1-4H3;3-4H,1-2H2. The van der Waals surface area contributed by atoms with E-state index in [1.165, 1.54) is 12.5 Å². The highest BCUT2D eigenvalue weighted by molar-refractivity contribution is 5.81. The molecule has 0 saturated heterocycles. The fraction of sp³-hybridized carbons (Fsp3) is 0.200. The zero-order valence-electron chi connectivity index (χ0n) is 14.2. The normalized spacial score (nSPS) is 9.57. The van der Waals surface area contributed by atoms with Gasteiger partial charge in [0.15, 0.2) is 0 Å². The van der Waals surface area contributed by atoms with Crippen molar-refractivity contribution in [1.82, 2.24) is 0 Å². The average molecular weight is 312 g/mol. The van der Waals surface area contributed by atoms with E-state index in [4.69, 9.17) is 0 Å². The van der Waals surface area contributed by atoms with E-state index in [-0.39, 0.29) is 11.5 Å². The van der Waals surface area contributed by atoms with Crippen LogP contribution in [0.2, 0.25) is 0 Å². The van der Waals surface area contributed by atoms with Gasteiger partial charge in [-0.05, 0) is 56.0 Å². The molecule has 2 aromatic rings. The zero-order valence-corrected chi connectivity index (χ0v) is 14.2. The van der Waals surface area contributed by atoms with Crippen LogP contribution in [-0.4, -0.2) is 10.2 Å². The highest BCUT2D eigenvalue weighted by atomic mass is 16.5. The first-order valence-corrected chi connectivity index (χ1v) is 7.31. The molecule has 0 aliphatic rings. The lowest BCUT2D eigenvalue weighted by atomic mass is 9.89. The van der Waals surface area contributed by atoms with Crippen molar-refractivity contribution < 1.29 is 14.9 Å². The van der Waals surface area contributed by atoms with Gasteiger partial charge in [-0.2, -0.15) is 0 Å². The number of aromatic hydroxyl groups is 2. The molecule has 0 spiro atoms. The van der Waals surface area contributed by atoms with Crippen molar-refractivity contribution in [2.75, 3.05) is 0 Å². The molecule has 23 heavy (non-hydrogen) atoms. The summed E-state index contributed by atoms with van der Waals surface area (Å²) in [5.41, 5.74) is 5.55. The van der Waals surface area contributed by atoms with Crippen LogP contribution in [0.15, 0.2) is 49.9 Å². The van der Waals surface area contributed by atoms with Crippen LogP contribution >= 0.6 is 0 Å². The van der Waals surface area contributed by atoms with E-state index in [1.54, 1.807) is 12.1 Å². The molecule has 0 aliphatic carbocycles. The molecule has 0 saturated carbocycles. The predicted octanol–water partition coefficient (Wildman–Crippen LogP) is 5.29. The Labute approximate surface area is 138 Å². The lowest BCUT2D eigenvalue weighted by Crippen LogP contribution is -1.96. The molecule has 0 unspecified atom stereocenters. The fourth-order valence-corrected chi connectivity index (χ4v) is 2.38. The van der Waals surface area contributed by atoms with Gasteiger partial charge < -0.3 is 14.9 Å². The van der Waals surface area contributed by atoms with E-state index < -0.39 is 0 Å². The second-order valence-corrected chi connectivity index (χ2v) is 5.21. The molecule has 0 heterocycles. The highest BCUT2D eigenvalue weighted by Crippen LogP contribution is 2.42. The van der Waals surface area contributed by atoms with Crippen molar-refractivity contribution in [2.45, 2.75) is 27.7 Å². The smallest absolute Gasteiger partial charge is 0.126 e. The van der Waals surface area contributed by atoms with Gasteiger partial charge >= 0.3 is 0 Å². The molecule has 0 bridgehead atoms. The number of benzene rings is 2. The Bertz CT molecular complexity index is 680. The van der Waals surface area contributed by atoms with Gasteiger partial charge in [-0.1, -0.05) is 31.4 Å². The summed E-state index contributed by atoms with van der Waals surface area (Å²) in [6.07, 6.45) is 2.62. The maximum Gasteiger partial charge on any atom is 0.126 e. The molecular weight excluding hydrogens is 288 g/mol. The van der Waals surface area contributed by atoms with Crippen molar-refractivity contribution in [1.29, 1.82) is 0 Å². The van der Waals surface area contributed by atoms with E-state index in [9.17, 15) is 10.2 Å². The van der Waals surface area contributed by atoms with Crippen molar-refractivity contribution in [2.24, 2.45) is 0 Å². The maximum absolute atomic E-state index is 10.4. The minimum absolute atomic E-state index is 0.193. The van der Waals surface area contributed by atoms with Gasteiger partial charge in [0, 0.05) is 11.1 Å². The van der Waals surface area contributed by atoms with Gasteiger partial charge in [-0.15, -0.1) is 0 Å². The summed E-state index contributed by atoms with van der Waals surface area (Å²) in [5.74, 6) is 0.454. The number of hydrogen-bond acceptors (Lipinski definition) is 3. The first kappa shape index (κ1) is 18.4. The molecule has 2 rings (SSSR count). The quantitative estimate of drug-likeness (QED) is 0.757. The van der Waals surface area contributed by atoms with E-state index in [0.717, 1.165) is 27.8 Å². The summed E-state index contributed by atoms with van der Waals surface area (Å²) in [6, 6.07) is 7.10. The molecule has 0 fully saturated rings. The van der Waals surface area contributed by atoms with Crippen molar-refractivity contribution >= 4 is 0 Å². The molecule has 0 radical (unpaired) electrons. The third kappa shape index (κ3) is 3.95. The largest absolute Gasteiger partial charge is 0.507 e. The van der Waals surface area contributed by atoms with Crippen LogP contribution in [0.1, 0.15) is 22.3 Å². The maximum atomic E-state index is 10.4. The van der Waals surface area contributed by atoms with Crippen LogP contribution in [0.4, 0.5) is 0 Å². The Morgan fingerprint density at radius 2 is 1.35 bits per heavy atom. The highest BCUT2D eigenvalue weighted by Gasteiger charge is 2.17. The van der Waals surface area contributed by atoms with Gasteiger partial charge in [0.2, 0.25) is 0 Å². The third-order valence-electron chi connectivity index (χ3n) is 4.02. The zero-order chi connectivity index (χ0) is 17.6. The van der Waals surface area contributed by atoms with E-state index in [2.05, 4.69) is 17.9 Å². The molecule has 0 amide bonds. The number of phenols is 2. The van der Waals surface area contributed by atoms with Gasteiger partial charge in [0.25, 0.3) is 0 Å². The van der Waals surface area contributed by atoms with Crippen LogP contribution in [0.25, 0.3) is 11.1 Å². The van der Waals surface area contributed by atoms with Crippen LogP contribution < -0.4 is 0 Å². The lowest BCUT2D eigenvalue weighted by molar-refractivity contribution is 0.406.